The van der Waals surface area contributed by atoms with Crippen molar-refractivity contribution in [2.75, 3.05) is 6.61 Å². The van der Waals surface area contributed by atoms with Crippen LogP contribution >= 0.6 is 0 Å². The minimum atomic E-state index is -0.754. The molecule has 2 aromatic carbocycles. The van der Waals surface area contributed by atoms with Crippen LogP contribution in [0, 0.1) is 0 Å². The first-order chi connectivity index (χ1) is 15.3. The van der Waals surface area contributed by atoms with Crippen molar-refractivity contribution in [2.24, 2.45) is 0 Å². The molecule has 32 heavy (non-hydrogen) atoms. The summed E-state index contributed by atoms with van der Waals surface area (Å²) >= 11 is 0. The standard InChI is InChI=1S/C25H27NO6/c1-5-16(4)26-24(28)20-12-17-10-11-18(13-22(17)32-25(20)29)31-23(27)14-30-21-9-7-6-8-19(21)15(2)3/h6-13,15-16H,5,14H2,1-4H3,(H,26,28). The van der Waals surface area contributed by atoms with Crippen LogP contribution in [-0.2, 0) is 4.79 Å². The summed E-state index contributed by atoms with van der Waals surface area (Å²) in [6, 6.07) is 13.6. The molecule has 1 atom stereocenters. The second kappa shape index (κ2) is 10.1. The van der Waals surface area contributed by atoms with Gasteiger partial charge < -0.3 is 19.2 Å². The van der Waals surface area contributed by atoms with Gasteiger partial charge >= 0.3 is 11.6 Å². The molecule has 0 saturated heterocycles. The predicted octanol–water partition coefficient (Wildman–Crippen LogP) is 4.43. The number of amides is 1. The van der Waals surface area contributed by atoms with Crippen LogP contribution in [-0.4, -0.2) is 24.5 Å². The molecule has 168 valence electrons. The van der Waals surface area contributed by atoms with Crippen molar-refractivity contribution in [2.45, 2.75) is 46.1 Å². The molecule has 0 bridgehead atoms. The summed E-state index contributed by atoms with van der Waals surface area (Å²) in [5, 5.41) is 3.29. The first kappa shape index (κ1) is 23.1. The molecular formula is C25H27NO6. The molecule has 1 unspecified atom stereocenters. The van der Waals surface area contributed by atoms with Gasteiger partial charge in [0.25, 0.3) is 5.91 Å². The van der Waals surface area contributed by atoms with E-state index in [2.05, 4.69) is 5.32 Å². The molecule has 3 rings (SSSR count). The summed E-state index contributed by atoms with van der Waals surface area (Å²) in [5.74, 6) is 0.0252. The number of nitrogens with one attached hydrogen (secondary N) is 1. The van der Waals surface area contributed by atoms with E-state index < -0.39 is 17.5 Å². The molecule has 1 heterocycles. The summed E-state index contributed by atoms with van der Waals surface area (Å²) in [6.45, 7) is 7.61. The van der Waals surface area contributed by atoms with Crippen LogP contribution in [0.2, 0.25) is 0 Å². The third-order valence-electron chi connectivity index (χ3n) is 5.06. The molecule has 7 heteroatoms. The Balaban J connectivity index is 1.71. The lowest BCUT2D eigenvalue weighted by molar-refractivity contribution is -0.136. The van der Waals surface area contributed by atoms with Gasteiger partial charge in [-0.3, -0.25) is 4.79 Å². The van der Waals surface area contributed by atoms with Gasteiger partial charge in [0.1, 0.15) is 22.6 Å². The second-order valence-electron chi connectivity index (χ2n) is 7.89. The number of rotatable bonds is 8. The van der Waals surface area contributed by atoms with Crippen LogP contribution < -0.4 is 20.4 Å². The maximum atomic E-state index is 12.3. The largest absolute Gasteiger partial charge is 0.482 e. The second-order valence-corrected chi connectivity index (χ2v) is 7.89. The van der Waals surface area contributed by atoms with Gasteiger partial charge in [-0.05, 0) is 49.1 Å². The summed E-state index contributed by atoms with van der Waals surface area (Å²) in [7, 11) is 0. The molecule has 0 aliphatic carbocycles. The van der Waals surface area contributed by atoms with Gasteiger partial charge in [-0.15, -0.1) is 0 Å². The fourth-order valence-corrected chi connectivity index (χ4v) is 3.10. The number of carbonyl (C=O) groups excluding carboxylic acids is 2. The zero-order valence-electron chi connectivity index (χ0n) is 18.6. The minimum absolute atomic E-state index is 0.0610. The summed E-state index contributed by atoms with van der Waals surface area (Å²) in [5.41, 5.74) is 0.391. The highest BCUT2D eigenvalue weighted by molar-refractivity contribution is 5.97. The van der Waals surface area contributed by atoms with Gasteiger partial charge in [0.05, 0.1) is 0 Å². The van der Waals surface area contributed by atoms with Crippen LogP contribution in [0.3, 0.4) is 0 Å². The summed E-state index contributed by atoms with van der Waals surface area (Å²) in [6.07, 6.45) is 0.742. The Kier molecular flexibility index (Phi) is 7.30. The molecule has 7 nitrogen and oxygen atoms in total. The smallest absolute Gasteiger partial charge is 0.349 e. The van der Waals surface area contributed by atoms with Crippen molar-refractivity contribution in [1.82, 2.24) is 5.32 Å². The zero-order valence-corrected chi connectivity index (χ0v) is 18.6. The molecule has 1 amide bonds. The average Bonchev–Trinajstić information content (AvgIpc) is 2.77. The molecule has 0 aliphatic heterocycles. The molecule has 0 radical (unpaired) electrons. The fraction of sp³-hybridized carbons (Fsp3) is 0.320. The third-order valence-corrected chi connectivity index (χ3v) is 5.06. The van der Waals surface area contributed by atoms with E-state index >= 15 is 0 Å². The lowest BCUT2D eigenvalue weighted by Crippen LogP contribution is -2.34. The number of benzene rings is 2. The number of hydrogen-bond acceptors (Lipinski definition) is 6. The molecular weight excluding hydrogens is 410 g/mol. The summed E-state index contributed by atoms with van der Waals surface area (Å²) in [4.78, 5) is 36.8. The normalized spacial score (nSPS) is 11.9. The number of carbonyl (C=O) groups is 2. The first-order valence-corrected chi connectivity index (χ1v) is 10.6. The van der Waals surface area contributed by atoms with Crippen LogP contribution in [0.4, 0.5) is 0 Å². The highest BCUT2D eigenvalue weighted by Crippen LogP contribution is 2.26. The number of para-hydroxylation sites is 1. The van der Waals surface area contributed by atoms with Crippen molar-refractivity contribution in [1.29, 1.82) is 0 Å². The van der Waals surface area contributed by atoms with Gasteiger partial charge in [0, 0.05) is 17.5 Å². The van der Waals surface area contributed by atoms with Crippen LogP contribution in [0.15, 0.2) is 57.7 Å². The molecule has 0 spiro atoms. The van der Waals surface area contributed by atoms with Gasteiger partial charge in [-0.2, -0.15) is 0 Å². The SMILES string of the molecule is CCC(C)NC(=O)c1cc2ccc(OC(=O)COc3ccccc3C(C)C)cc2oc1=O. The van der Waals surface area contributed by atoms with Crippen LogP contribution in [0.5, 0.6) is 11.5 Å². The van der Waals surface area contributed by atoms with Crippen LogP contribution in [0.25, 0.3) is 11.0 Å². The van der Waals surface area contributed by atoms with E-state index in [0.29, 0.717) is 11.1 Å². The molecule has 1 aromatic heterocycles. The van der Waals surface area contributed by atoms with E-state index in [1.807, 2.05) is 52.0 Å². The maximum Gasteiger partial charge on any atom is 0.349 e. The fourth-order valence-electron chi connectivity index (χ4n) is 3.10. The van der Waals surface area contributed by atoms with Crippen molar-refractivity contribution < 1.29 is 23.5 Å². The Labute approximate surface area is 186 Å². The predicted molar refractivity (Wildman–Crippen MR) is 121 cm³/mol. The zero-order chi connectivity index (χ0) is 23.3. The minimum Gasteiger partial charge on any atom is -0.482 e. The van der Waals surface area contributed by atoms with E-state index in [1.165, 1.54) is 12.1 Å². The molecule has 1 N–H and O–H groups in total. The third kappa shape index (κ3) is 5.55. The Morgan fingerprint density at radius 2 is 1.81 bits per heavy atom. The van der Waals surface area contributed by atoms with Crippen molar-refractivity contribution in [3.63, 3.8) is 0 Å². The monoisotopic (exact) mass is 437 g/mol. The van der Waals surface area contributed by atoms with E-state index in [-0.39, 0.29) is 35.5 Å². The lowest BCUT2D eigenvalue weighted by Gasteiger charge is -2.13. The van der Waals surface area contributed by atoms with Crippen molar-refractivity contribution in [3.8, 4) is 11.5 Å². The molecule has 0 fully saturated rings. The van der Waals surface area contributed by atoms with E-state index in [9.17, 15) is 14.4 Å². The molecule has 3 aromatic rings. The summed E-state index contributed by atoms with van der Waals surface area (Å²) < 4.78 is 16.2. The van der Waals surface area contributed by atoms with E-state index in [4.69, 9.17) is 13.9 Å². The van der Waals surface area contributed by atoms with Crippen molar-refractivity contribution >= 4 is 22.8 Å². The highest BCUT2D eigenvalue weighted by Gasteiger charge is 2.16. The maximum absolute atomic E-state index is 12.3. The Morgan fingerprint density at radius 3 is 2.53 bits per heavy atom. The Morgan fingerprint density at radius 1 is 1.06 bits per heavy atom. The van der Waals surface area contributed by atoms with Gasteiger partial charge in [-0.25, -0.2) is 9.59 Å². The van der Waals surface area contributed by atoms with Gasteiger partial charge in [0.15, 0.2) is 6.61 Å². The van der Waals surface area contributed by atoms with Crippen LogP contribution in [0.1, 0.15) is 56.0 Å². The molecule has 0 aliphatic rings. The van der Waals surface area contributed by atoms with E-state index in [1.54, 1.807) is 12.1 Å². The average molecular weight is 437 g/mol. The Bertz CT molecular complexity index is 1180. The first-order valence-electron chi connectivity index (χ1n) is 10.6. The topological polar surface area (TPSA) is 94.8 Å². The van der Waals surface area contributed by atoms with Gasteiger partial charge in [0.2, 0.25) is 0 Å². The Hall–Kier alpha value is -3.61. The quantitative estimate of drug-likeness (QED) is 0.318. The van der Waals surface area contributed by atoms with E-state index in [0.717, 1.165) is 12.0 Å². The number of ether oxygens (including phenoxy) is 2. The highest BCUT2D eigenvalue weighted by atomic mass is 16.6. The van der Waals surface area contributed by atoms with Gasteiger partial charge in [-0.1, -0.05) is 39.0 Å². The van der Waals surface area contributed by atoms with Crippen molar-refractivity contribution in [3.05, 3.63) is 70.1 Å². The lowest BCUT2D eigenvalue weighted by atomic mass is 10.0. The number of esters is 1. The molecule has 0 saturated carbocycles. The number of fused-ring (bicyclic) bond motifs is 1. The number of hydrogen-bond donors (Lipinski definition) is 1.